The third-order valence-corrected chi connectivity index (χ3v) is 13.7. The van der Waals surface area contributed by atoms with Gasteiger partial charge in [-0.3, -0.25) is 28.9 Å². The van der Waals surface area contributed by atoms with Gasteiger partial charge in [-0.25, -0.2) is 4.79 Å². The maximum Gasteiger partial charge on any atom is 0.410 e. The fourth-order valence-corrected chi connectivity index (χ4v) is 9.71. The molecular weight excluding hydrogens is 841 g/mol. The molecule has 14 heteroatoms. The molecule has 1 saturated heterocycles. The summed E-state index contributed by atoms with van der Waals surface area (Å²) in [6.45, 7) is 21.2. The van der Waals surface area contributed by atoms with Gasteiger partial charge in [0.05, 0.1) is 42.7 Å². The van der Waals surface area contributed by atoms with Crippen LogP contribution in [0.2, 0.25) is 0 Å². The molecule has 0 spiro atoms. The highest BCUT2D eigenvalue weighted by Crippen LogP contribution is 2.32. The Kier molecular flexibility index (Phi) is 24.5. The summed E-state index contributed by atoms with van der Waals surface area (Å²) in [4.78, 5) is 88.7. The summed E-state index contributed by atoms with van der Waals surface area (Å²) in [6.07, 6.45) is 3.14. The van der Waals surface area contributed by atoms with Gasteiger partial charge < -0.3 is 34.0 Å². The quantitative estimate of drug-likeness (QED) is 0.0774. The largest absolute Gasteiger partial charge is 0.481 e. The van der Waals surface area contributed by atoms with Crippen LogP contribution in [0.3, 0.4) is 0 Å². The molecule has 0 unspecified atom stereocenters. The van der Waals surface area contributed by atoms with Crippen molar-refractivity contribution in [2.45, 2.75) is 169 Å². The molecule has 2 rings (SSSR count). The highest BCUT2D eigenvalue weighted by molar-refractivity contribution is 5.90. The Morgan fingerprint density at radius 1 is 0.818 bits per heavy atom. The van der Waals surface area contributed by atoms with Gasteiger partial charge in [-0.1, -0.05) is 91.6 Å². The third-order valence-electron chi connectivity index (χ3n) is 13.7. The number of methoxy groups -OCH3 is 2. The zero-order valence-electron chi connectivity index (χ0n) is 43.3. The average molecular weight is 929 g/mol. The minimum absolute atomic E-state index is 0.000658. The van der Waals surface area contributed by atoms with Gasteiger partial charge in [0.25, 0.3) is 0 Å². The number of likely N-dealkylation sites (tertiary alicyclic amines) is 1. The van der Waals surface area contributed by atoms with E-state index in [2.05, 4.69) is 11.8 Å². The topological polar surface area (TPSA) is 163 Å². The number of carbonyl (C=O) groups excluding carboxylic acids is 5. The van der Waals surface area contributed by atoms with Crippen molar-refractivity contribution in [3.05, 3.63) is 35.9 Å². The van der Waals surface area contributed by atoms with Gasteiger partial charge in [0, 0.05) is 66.1 Å². The highest BCUT2D eigenvalue weighted by Gasteiger charge is 2.43. The van der Waals surface area contributed by atoms with E-state index in [1.165, 1.54) is 7.11 Å². The van der Waals surface area contributed by atoms with Crippen LogP contribution < -0.4 is 0 Å². The number of amides is 3. The second-order valence-corrected chi connectivity index (χ2v) is 20.6. The number of carboxylic acids is 1. The monoisotopic (exact) mass is 929 g/mol. The molecule has 1 aliphatic heterocycles. The number of Topliss-reactive ketones (excluding diaryl/α,β-unsaturated/α-hetero) is 2. The van der Waals surface area contributed by atoms with Crippen molar-refractivity contribution in [2.24, 2.45) is 35.5 Å². The molecule has 1 aliphatic rings. The number of nitrogens with zero attached hydrogens (tertiary/aromatic N) is 4. The molecule has 1 fully saturated rings. The van der Waals surface area contributed by atoms with E-state index in [0.29, 0.717) is 26.1 Å². The van der Waals surface area contributed by atoms with Gasteiger partial charge in [-0.15, -0.1) is 0 Å². The Hall–Kier alpha value is -3.88. The number of unbranched alkanes of at least 4 members (excludes halogenated alkanes) is 2. The summed E-state index contributed by atoms with van der Waals surface area (Å²) in [5.41, 5.74) is 0.292. The van der Waals surface area contributed by atoms with E-state index in [9.17, 15) is 33.9 Å². The van der Waals surface area contributed by atoms with Crippen molar-refractivity contribution in [2.75, 3.05) is 55.0 Å². The number of ketones is 2. The minimum Gasteiger partial charge on any atom is -0.481 e. The zero-order valence-corrected chi connectivity index (χ0v) is 43.3. The van der Waals surface area contributed by atoms with E-state index < -0.39 is 53.6 Å². The molecule has 3 amide bonds. The number of likely N-dealkylation sites (N-methyl/N-ethyl adjacent to an activating group) is 2. The van der Waals surface area contributed by atoms with Crippen LogP contribution in [0.25, 0.3) is 0 Å². The Morgan fingerprint density at radius 3 is 1.97 bits per heavy atom. The number of hydrogen-bond acceptors (Lipinski definition) is 10. The van der Waals surface area contributed by atoms with Crippen molar-refractivity contribution >= 4 is 35.4 Å². The molecule has 0 aliphatic carbocycles. The molecule has 1 aromatic carbocycles. The summed E-state index contributed by atoms with van der Waals surface area (Å²) in [5.74, 6) is -3.84. The number of benzene rings is 1. The summed E-state index contributed by atoms with van der Waals surface area (Å²) in [6, 6.07) is 8.02. The second-order valence-electron chi connectivity index (χ2n) is 20.6. The summed E-state index contributed by atoms with van der Waals surface area (Å²) in [7, 11) is 8.56. The molecule has 1 heterocycles. The molecular formula is C52H88N4O10. The number of ether oxygens (including phenoxy) is 3. The maximum atomic E-state index is 14.7. The molecule has 14 nitrogen and oxygen atoms in total. The molecule has 1 N–H and O–H groups in total. The van der Waals surface area contributed by atoms with E-state index in [0.717, 1.165) is 37.7 Å². The predicted molar refractivity (Wildman–Crippen MR) is 259 cm³/mol. The van der Waals surface area contributed by atoms with Crippen LogP contribution in [0.1, 0.15) is 133 Å². The van der Waals surface area contributed by atoms with E-state index in [-0.39, 0.29) is 79.0 Å². The number of carbonyl (C=O) groups is 6. The lowest BCUT2D eigenvalue weighted by molar-refractivity contribution is -0.149. The summed E-state index contributed by atoms with van der Waals surface area (Å²) in [5, 5.41) is 10.0. The number of rotatable bonds is 29. The normalized spacial score (nSPS) is 18.0. The molecule has 0 aromatic heterocycles. The lowest BCUT2D eigenvalue weighted by atomic mass is 9.83. The highest BCUT2D eigenvalue weighted by atomic mass is 16.6. The standard InChI is InChI=1S/C52H88N4O10/c1-16-36(6)47(55(13)49(60)40(34(2)3)32-43(58)46(35(4)5)53(11)27-21-18-22-28-54(12)51(63)66-52(8,9)10)44(64-14)33-45(59)56-29-23-26-41(56)48(65-15)37(7)42(57)31-39(50(61)62)30-38-24-19-17-20-25-38/h17,19-20,24-25,34-37,39-41,44,46-48H,16,18,21-23,26-33H2,1-15H3,(H,61,62)/t36-,37-,39+,40-,41-,44+,46-,47-,48+/m0/s1. The Morgan fingerprint density at radius 2 is 1.44 bits per heavy atom. The van der Waals surface area contributed by atoms with Crippen LogP contribution in [0.4, 0.5) is 4.79 Å². The van der Waals surface area contributed by atoms with Crippen LogP contribution in [0.5, 0.6) is 0 Å². The summed E-state index contributed by atoms with van der Waals surface area (Å²) >= 11 is 0. The molecule has 1 aromatic rings. The van der Waals surface area contributed by atoms with Crippen molar-refractivity contribution in [1.82, 2.24) is 19.6 Å². The van der Waals surface area contributed by atoms with Gasteiger partial charge >= 0.3 is 12.1 Å². The van der Waals surface area contributed by atoms with Gasteiger partial charge in [0.15, 0.2) is 5.78 Å². The Balaban J connectivity index is 2.19. The maximum absolute atomic E-state index is 14.7. The van der Waals surface area contributed by atoms with E-state index in [4.69, 9.17) is 14.2 Å². The molecule has 0 radical (unpaired) electrons. The average Bonchev–Trinajstić information content (AvgIpc) is 3.73. The van der Waals surface area contributed by atoms with Crippen molar-refractivity contribution in [3.63, 3.8) is 0 Å². The van der Waals surface area contributed by atoms with Crippen LogP contribution in [-0.2, 0) is 44.6 Å². The van der Waals surface area contributed by atoms with Gasteiger partial charge in [0.2, 0.25) is 11.8 Å². The first-order valence-corrected chi connectivity index (χ1v) is 24.5. The molecule has 66 heavy (non-hydrogen) atoms. The fourth-order valence-electron chi connectivity index (χ4n) is 9.71. The van der Waals surface area contributed by atoms with Crippen LogP contribution >= 0.6 is 0 Å². The van der Waals surface area contributed by atoms with Crippen LogP contribution in [0.15, 0.2) is 30.3 Å². The molecule has 376 valence electrons. The van der Waals surface area contributed by atoms with Crippen molar-refractivity contribution < 1.29 is 48.1 Å². The lowest BCUT2D eigenvalue weighted by Crippen LogP contribution is -2.54. The van der Waals surface area contributed by atoms with Crippen LogP contribution in [-0.4, -0.2) is 151 Å². The van der Waals surface area contributed by atoms with Crippen molar-refractivity contribution in [3.8, 4) is 0 Å². The number of aliphatic carboxylic acids is 1. The fraction of sp³-hybridized carbons (Fsp3) is 0.769. The van der Waals surface area contributed by atoms with E-state index in [1.807, 2.05) is 92.8 Å². The second kappa shape index (κ2) is 27.8. The summed E-state index contributed by atoms with van der Waals surface area (Å²) < 4.78 is 17.5. The van der Waals surface area contributed by atoms with Gasteiger partial charge in [-0.05, 0) is 89.8 Å². The SMILES string of the molecule is CC[C@H](C)[C@@H]([C@@H](CC(=O)N1CCC[C@H]1[C@H](OC)[C@@H](C)C(=O)C[C@@H](Cc1ccccc1)C(=O)O)OC)N(C)C(=O)[C@@H](CC(=O)[C@H](C(C)C)N(C)CCCCCN(C)C(=O)OC(C)(C)C)C(C)C. The molecule has 9 atom stereocenters. The molecule has 0 bridgehead atoms. The Bertz CT molecular complexity index is 1680. The lowest BCUT2D eigenvalue weighted by Gasteiger charge is -2.41. The van der Waals surface area contributed by atoms with Crippen molar-refractivity contribution in [1.29, 1.82) is 0 Å². The van der Waals surface area contributed by atoms with Gasteiger partial charge in [-0.2, -0.15) is 0 Å². The molecule has 0 saturated carbocycles. The first-order valence-electron chi connectivity index (χ1n) is 24.5. The minimum atomic E-state index is -1.03. The first kappa shape index (κ1) is 58.2. The predicted octanol–water partition coefficient (Wildman–Crippen LogP) is 8.03. The first-order chi connectivity index (χ1) is 30.9. The smallest absolute Gasteiger partial charge is 0.410 e. The van der Waals surface area contributed by atoms with Crippen LogP contribution in [0, 0.1) is 35.5 Å². The zero-order chi connectivity index (χ0) is 50.1. The number of carboxylic acid groups (broad SMARTS) is 1. The number of hydrogen-bond donors (Lipinski definition) is 1. The van der Waals surface area contributed by atoms with Gasteiger partial charge in [0.1, 0.15) is 11.4 Å². The third kappa shape index (κ3) is 17.6. The van der Waals surface area contributed by atoms with E-state index >= 15 is 0 Å². The Labute approximate surface area is 397 Å². The van der Waals surface area contributed by atoms with E-state index in [1.54, 1.807) is 42.8 Å².